The van der Waals surface area contributed by atoms with E-state index in [0.717, 1.165) is 12.3 Å². The third-order valence-electron chi connectivity index (χ3n) is 4.38. The molecule has 10 heteroatoms. The van der Waals surface area contributed by atoms with Gasteiger partial charge in [0.05, 0.1) is 10.5 Å². The molecule has 1 aliphatic heterocycles. The van der Waals surface area contributed by atoms with Gasteiger partial charge in [0.25, 0.3) is 11.6 Å². The average Bonchev–Trinajstić information content (AvgIpc) is 2.66. The summed E-state index contributed by atoms with van der Waals surface area (Å²) >= 11 is 0. The van der Waals surface area contributed by atoms with Gasteiger partial charge in [-0.15, -0.1) is 0 Å². The number of anilines is 1. The third-order valence-corrected chi connectivity index (χ3v) is 4.38. The Morgan fingerprint density at radius 3 is 2.41 bits per heavy atom. The highest BCUT2D eigenvalue weighted by atomic mass is 19.2. The minimum atomic E-state index is -1.68. The maximum Gasteiger partial charge on any atom is 0.287 e. The topological polar surface area (TPSA) is 79.6 Å². The first-order valence-corrected chi connectivity index (χ1v) is 8.08. The predicted octanol–water partition coefficient (Wildman–Crippen LogP) is 2.68. The van der Waals surface area contributed by atoms with Crippen LogP contribution in [0.25, 0.3) is 0 Å². The van der Waals surface area contributed by atoms with Crippen LogP contribution < -0.4 is 4.90 Å². The van der Waals surface area contributed by atoms with E-state index in [9.17, 15) is 28.1 Å². The first-order chi connectivity index (χ1) is 12.8. The van der Waals surface area contributed by atoms with Crippen molar-refractivity contribution in [1.82, 2.24) is 9.88 Å². The Morgan fingerprint density at radius 1 is 1.15 bits per heavy atom. The van der Waals surface area contributed by atoms with Gasteiger partial charge >= 0.3 is 0 Å². The van der Waals surface area contributed by atoms with E-state index in [1.165, 1.54) is 11.0 Å². The molecule has 3 rings (SSSR count). The smallest absolute Gasteiger partial charge is 0.287 e. The van der Waals surface area contributed by atoms with Crippen molar-refractivity contribution in [1.29, 1.82) is 0 Å². The lowest BCUT2D eigenvalue weighted by Crippen LogP contribution is -2.49. The Kier molecular flexibility index (Phi) is 4.98. The minimum absolute atomic E-state index is 0.112. The normalized spacial score (nSPS) is 14.4. The Hall–Kier alpha value is -3.17. The van der Waals surface area contributed by atoms with E-state index in [4.69, 9.17) is 0 Å². The second-order valence-corrected chi connectivity index (χ2v) is 6.09. The van der Waals surface area contributed by atoms with Crippen molar-refractivity contribution < 1.29 is 22.9 Å². The number of aromatic nitrogens is 1. The van der Waals surface area contributed by atoms with E-state index in [2.05, 4.69) is 4.98 Å². The molecule has 1 saturated heterocycles. The molecule has 1 aromatic heterocycles. The highest BCUT2D eigenvalue weighted by Crippen LogP contribution is 2.23. The van der Waals surface area contributed by atoms with Crippen molar-refractivity contribution in [3.63, 3.8) is 0 Å². The monoisotopic (exact) mass is 380 g/mol. The number of hydrogen-bond acceptors (Lipinski definition) is 5. The SMILES string of the molecule is Cc1cc([N+](=O)[O-])cnc1N1CCN(C(=O)c2ccc(F)c(F)c2F)CC1. The number of aryl methyl sites for hydroxylation is 1. The summed E-state index contributed by atoms with van der Waals surface area (Å²) in [6.45, 7) is 2.86. The van der Waals surface area contributed by atoms with Gasteiger partial charge in [0.2, 0.25) is 0 Å². The first-order valence-electron chi connectivity index (χ1n) is 8.08. The van der Waals surface area contributed by atoms with Crippen LogP contribution in [0, 0.1) is 34.5 Å². The Balaban J connectivity index is 1.71. The predicted molar refractivity (Wildman–Crippen MR) is 90.1 cm³/mol. The molecule has 0 aliphatic carbocycles. The average molecular weight is 380 g/mol. The Morgan fingerprint density at radius 2 is 1.81 bits per heavy atom. The van der Waals surface area contributed by atoms with Crippen molar-refractivity contribution in [2.24, 2.45) is 0 Å². The van der Waals surface area contributed by atoms with Crippen molar-refractivity contribution in [3.8, 4) is 0 Å². The van der Waals surface area contributed by atoms with Crippen molar-refractivity contribution in [3.05, 3.63) is 63.1 Å². The van der Waals surface area contributed by atoms with Crippen LogP contribution in [-0.4, -0.2) is 46.9 Å². The van der Waals surface area contributed by atoms with Crippen molar-refractivity contribution in [2.45, 2.75) is 6.92 Å². The molecule has 2 heterocycles. The number of halogens is 3. The summed E-state index contributed by atoms with van der Waals surface area (Å²) in [6.07, 6.45) is 1.16. The summed E-state index contributed by atoms with van der Waals surface area (Å²) in [5.41, 5.74) is -0.0125. The van der Waals surface area contributed by atoms with E-state index in [-0.39, 0.29) is 18.8 Å². The number of amides is 1. The Bertz CT molecular complexity index is 915. The number of carbonyl (C=O) groups is 1. The van der Waals surface area contributed by atoms with E-state index in [0.29, 0.717) is 30.5 Å². The van der Waals surface area contributed by atoms with Crippen LogP contribution in [0.2, 0.25) is 0 Å². The summed E-state index contributed by atoms with van der Waals surface area (Å²) in [4.78, 5) is 30.0. The molecule has 0 atom stereocenters. The lowest BCUT2D eigenvalue weighted by molar-refractivity contribution is -0.385. The fourth-order valence-electron chi connectivity index (χ4n) is 2.97. The van der Waals surface area contributed by atoms with Crippen LogP contribution in [-0.2, 0) is 0 Å². The first kappa shape index (κ1) is 18.6. The zero-order valence-electron chi connectivity index (χ0n) is 14.3. The van der Waals surface area contributed by atoms with Crippen LogP contribution in [0.1, 0.15) is 15.9 Å². The maximum atomic E-state index is 13.8. The molecule has 1 aliphatic rings. The number of pyridine rings is 1. The highest BCUT2D eigenvalue weighted by Gasteiger charge is 2.27. The van der Waals surface area contributed by atoms with Crippen LogP contribution in [0.5, 0.6) is 0 Å². The number of carbonyl (C=O) groups excluding carboxylic acids is 1. The number of rotatable bonds is 3. The van der Waals surface area contributed by atoms with Crippen LogP contribution >= 0.6 is 0 Å². The number of piperazine rings is 1. The van der Waals surface area contributed by atoms with Gasteiger partial charge in [-0.2, -0.15) is 0 Å². The van der Waals surface area contributed by atoms with Gasteiger partial charge in [0.15, 0.2) is 17.5 Å². The molecule has 0 saturated carbocycles. The zero-order chi connectivity index (χ0) is 19.7. The molecule has 0 N–H and O–H groups in total. The number of benzene rings is 1. The Labute approximate surface area is 152 Å². The second kappa shape index (κ2) is 7.22. The highest BCUT2D eigenvalue weighted by molar-refractivity contribution is 5.94. The molecule has 1 fully saturated rings. The lowest BCUT2D eigenvalue weighted by Gasteiger charge is -2.36. The largest absolute Gasteiger partial charge is 0.353 e. The van der Waals surface area contributed by atoms with Gasteiger partial charge in [0.1, 0.15) is 12.0 Å². The van der Waals surface area contributed by atoms with E-state index in [1.807, 2.05) is 4.90 Å². The van der Waals surface area contributed by atoms with Gasteiger partial charge in [-0.05, 0) is 24.6 Å². The standard InChI is InChI=1S/C17H15F3N4O3/c1-10-8-11(24(26)27)9-21-16(10)22-4-6-23(7-5-22)17(25)12-2-3-13(18)15(20)14(12)19/h2-3,8-9H,4-7H2,1H3. The maximum absolute atomic E-state index is 13.8. The van der Waals surface area contributed by atoms with Gasteiger partial charge in [0, 0.05) is 32.2 Å². The quantitative estimate of drug-likeness (QED) is 0.465. The molecule has 0 radical (unpaired) electrons. The summed E-state index contributed by atoms with van der Waals surface area (Å²) in [5.74, 6) is -4.69. The molecular weight excluding hydrogens is 365 g/mol. The summed E-state index contributed by atoms with van der Waals surface area (Å²) in [7, 11) is 0. The summed E-state index contributed by atoms with van der Waals surface area (Å²) in [6, 6.07) is 3.05. The van der Waals surface area contributed by atoms with Gasteiger partial charge < -0.3 is 9.80 Å². The second-order valence-electron chi connectivity index (χ2n) is 6.09. The molecule has 2 aromatic rings. The number of nitro groups is 1. The van der Waals surface area contributed by atoms with Crippen molar-refractivity contribution in [2.75, 3.05) is 31.1 Å². The third kappa shape index (κ3) is 3.55. The van der Waals surface area contributed by atoms with E-state index in [1.54, 1.807) is 6.92 Å². The van der Waals surface area contributed by atoms with Crippen LogP contribution in [0.4, 0.5) is 24.7 Å². The van der Waals surface area contributed by atoms with Gasteiger partial charge in [-0.25, -0.2) is 18.2 Å². The molecule has 27 heavy (non-hydrogen) atoms. The van der Waals surface area contributed by atoms with Crippen LogP contribution in [0.15, 0.2) is 24.4 Å². The fraction of sp³-hybridized carbons (Fsp3) is 0.294. The molecule has 1 aromatic carbocycles. The molecule has 7 nitrogen and oxygen atoms in total. The van der Waals surface area contributed by atoms with E-state index >= 15 is 0 Å². The van der Waals surface area contributed by atoms with Crippen LogP contribution in [0.3, 0.4) is 0 Å². The summed E-state index contributed by atoms with van der Waals surface area (Å²) < 4.78 is 40.2. The molecule has 0 unspecified atom stereocenters. The van der Waals surface area contributed by atoms with Gasteiger partial charge in [-0.1, -0.05) is 0 Å². The minimum Gasteiger partial charge on any atom is -0.353 e. The zero-order valence-corrected chi connectivity index (χ0v) is 14.3. The van der Waals surface area contributed by atoms with Gasteiger partial charge in [-0.3, -0.25) is 14.9 Å². The number of nitrogens with zero attached hydrogens (tertiary/aromatic N) is 4. The summed E-state index contributed by atoms with van der Waals surface area (Å²) in [5, 5.41) is 10.8. The van der Waals surface area contributed by atoms with E-state index < -0.39 is 33.8 Å². The fourth-order valence-corrected chi connectivity index (χ4v) is 2.97. The lowest BCUT2D eigenvalue weighted by atomic mass is 10.1. The molecule has 1 amide bonds. The molecule has 142 valence electrons. The molecule has 0 bridgehead atoms. The van der Waals surface area contributed by atoms with Crippen molar-refractivity contribution >= 4 is 17.4 Å². The molecular formula is C17H15F3N4O3. The molecule has 0 spiro atoms. The number of hydrogen-bond donors (Lipinski definition) is 0.